The minimum Gasteiger partial charge on any atom is -0.489 e. The number of rotatable bonds is 2. The molecule has 0 saturated carbocycles. The number of halogens is 3. The van der Waals surface area contributed by atoms with E-state index < -0.39 is 12.8 Å². The third-order valence-corrected chi connectivity index (χ3v) is 1.84. The summed E-state index contributed by atoms with van der Waals surface area (Å²) in [7, 11) is 0. The van der Waals surface area contributed by atoms with Gasteiger partial charge in [-0.3, -0.25) is 0 Å². The van der Waals surface area contributed by atoms with Crippen molar-refractivity contribution in [3.05, 3.63) is 11.3 Å². The molecule has 1 rings (SSSR count). The molecule has 1 nitrogen and oxygen atoms in total. The van der Waals surface area contributed by atoms with Crippen LogP contribution in [0.1, 0.15) is 26.2 Å². The van der Waals surface area contributed by atoms with Crippen molar-refractivity contribution in [2.24, 2.45) is 0 Å². The number of hydrogen-bond donors (Lipinski definition) is 0. The fourth-order valence-corrected chi connectivity index (χ4v) is 1.23. The van der Waals surface area contributed by atoms with Crippen molar-refractivity contribution in [2.75, 3.05) is 6.61 Å². The first kappa shape index (κ1) is 9.42. The van der Waals surface area contributed by atoms with Gasteiger partial charge in [-0.2, -0.15) is 13.2 Å². The summed E-state index contributed by atoms with van der Waals surface area (Å²) in [4.78, 5) is 0. The van der Waals surface area contributed by atoms with Crippen LogP contribution in [0.4, 0.5) is 13.2 Å². The maximum absolute atomic E-state index is 11.7. The normalized spacial score (nSPS) is 18.7. The second-order valence-electron chi connectivity index (χ2n) is 2.96. The van der Waals surface area contributed by atoms with E-state index >= 15 is 0 Å². The minimum atomic E-state index is -4.21. The van der Waals surface area contributed by atoms with Gasteiger partial charge in [-0.1, -0.05) is 0 Å². The largest absolute Gasteiger partial charge is 0.489 e. The first-order chi connectivity index (χ1) is 5.49. The number of hydrogen-bond acceptors (Lipinski definition) is 1. The van der Waals surface area contributed by atoms with Gasteiger partial charge in [-0.05, 0) is 25.3 Å². The van der Waals surface area contributed by atoms with E-state index in [-0.39, 0.29) is 0 Å². The molecule has 0 aromatic heterocycles. The van der Waals surface area contributed by atoms with E-state index in [2.05, 4.69) is 4.74 Å². The minimum absolute atomic E-state index is 0.535. The molecule has 0 heterocycles. The predicted octanol–water partition coefficient (Wildman–Crippen LogP) is 3.02. The Balaban J connectivity index is 2.37. The summed E-state index contributed by atoms with van der Waals surface area (Å²) in [5, 5.41) is 0. The number of allylic oxidation sites excluding steroid dienone is 2. The van der Waals surface area contributed by atoms with Crippen LogP contribution in [-0.2, 0) is 4.74 Å². The van der Waals surface area contributed by atoms with E-state index in [0.29, 0.717) is 12.2 Å². The van der Waals surface area contributed by atoms with Crippen LogP contribution < -0.4 is 0 Å². The smallest absolute Gasteiger partial charge is 0.422 e. The Bertz CT molecular complexity index is 193. The predicted molar refractivity (Wildman–Crippen MR) is 38.6 cm³/mol. The molecule has 0 N–H and O–H groups in total. The molecule has 0 amide bonds. The van der Waals surface area contributed by atoms with E-state index in [0.717, 1.165) is 18.4 Å². The first-order valence-electron chi connectivity index (χ1n) is 3.87. The molecule has 0 unspecified atom stereocenters. The summed E-state index contributed by atoms with van der Waals surface area (Å²) in [6.07, 6.45) is -1.77. The highest BCUT2D eigenvalue weighted by Gasteiger charge is 2.29. The van der Waals surface area contributed by atoms with Crippen molar-refractivity contribution >= 4 is 0 Å². The summed E-state index contributed by atoms with van der Waals surface area (Å²) >= 11 is 0. The van der Waals surface area contributed by atoms with E-state index in [9.17, 15) is 13.2 Å². The molecule has 0 saturated heterocycles. The van der Waals surface area contributed by atoms with Crippen LogP contribution in [0.25, 0.3) is 0 Å². The molecular formula is C8H11F3O. The van der Waals surface area contributed by atoms with Crippen molar-refractivity contribution in [2.45, 2.75) is 32.4 Å². The quantitative estimate of drug-likeness (QED) is 0.634. The second kappa shape index (κ2) is 3.37. The zero-order chi connectivity index (χ0) is 9.19. The summed E-state index contributed by atoms with van der Waals surface area (Å²) < 4.78 is 39.7. The maximum Gasteiger partial charge on any atom is 0.422 e. The molecule has 0 fully saturated rings. The monoisotopic (exact) mass is 180 g/mol. The van der Waals surface area contributed by atoms with Crippen molar-refractivity contribution < 1.29 is 17.9 Å². The van der Waals surface area contributed by atoms with Gasteiger partial charge >= 0.3 is 6.18 Å². The Hall–Kier alpha value is -0.670. The lowest BCUT2D eigenvalue weighted by molar-refractivity contribution is -0.165. The van der Waals surface area contributed by atoms with Crippen LogP contribution in [0.5, 0.6) is 0 Å². The molecular weight excluding hydrogens is 169 g/mol. The Labute approximate surface area is 69.2 Å². The highest BCUT2D eigenvalue weighted by molar-refractivity contribution is 5.11. The van der Waals surface area contributed by atoms with E-state index in [1.54, 1.807) is 0 Å². The third kappa shape index (κ3) is 2.75. The van der Waals surface area contributed by atoms with Crippen LogP contribution >= 0.6 is 0 Å². The molecule has 0 atom stereocenters. The molecule has 0 aromatic carbocycles. The highest BCUT2D eigenvalue weighted by atomic mass is 19.4. The zero-order valence-electron chi connectivity index (χ0n) is 6.87. The van der Waals surface area contributed by atoms with Gasteiger partial charge in [0.15, 0.2) is 6.61 Å². The highest BCUT2D eigenvalue weighted by Crippen LogP contribution is 2.27. The van der Waals surface area contributed by atoms with E-state index in [1.807, 2.05) is 6.92 Å². The third-order valence-electron chi connectivity index (χ3n) is 1.84. The first-order valence-corrected chi connectivity index (χ1v) is 3.87. The van der Waals surface area contributed by atoms with Gasteiger partial charge in [-0.25, -0.2) is 0 Å². The Morgan fingerprint density at radius 3 is 2.42 bits per heavy atom. The molecule has 0 bridgehead atoms. The second-order valence-corrected chi connectivity index (χ2v) is 2.96. The van der Waals surface area contributed by atoms with Crippen molar-refractivity contribution in [1.82, 2.24) is 0 Å². The Kier molecular flexibility index (Phi) is 2.65. The SMILES string of the molecule is CC1=C(OCC(F)(F)F)CCC1. The van der Waals surface area contributed by atoms with Gasteiger partial charge < -0.3 is 4.74 Å². The average Bonchev–Trinajstić information content (AvgIpc) is 2.29. The van der Waals surface area contributed by atoms with Crippen molar-refractivity contribution in [1.29, 1.82) is 0 Å². The van der Waals surface area contributed by atoms with Gasteiger partial charge in [0.2, 0.25) is 0 Å². The number of alkyl halides is 3. The lowest BCUT2D eigenvalue weighted by Gasteiger charge is -2.10. The van der Waals surface area contributed by atoms with Crippen LogP contribution in [0.3, 0.4) is 0 Å². The van der Waals surface area contributed by atoms with Gasteiger partial charge in [-0.15, -0.1) is 0 Å². The lowest BCUT2D eigenvalue weighted by atomic mass is 10.3. The van der Waals surface area contributed by atoms with E-state index in [1.165, 1.54) is 0 Å². The molecule has 0 spiro atoms. The molecule has 0 aromatic rings. The standard InChI is InChI=1S/C8H11F3O/c1-6-3-2-4-7(6)12-5-8(9,10)11/h2-5H2,1H3. The van der Waals surface area contributed by atoms with Crippen LogP contribution in [0.2, 0.25) is 0 Å². The van der Waals surface area contributed by atoms with Gasteiger partial charge in [0.25, 0.3) is 0 Å². The number of ether oxygens (including phenoxy) is 1. The van der Waals surface area contributed by atoms with Gasteiger partial charge in [0.05, 0.1) is 5.76 Å². The molecule has 12 heavy (non-hydrogen) atoms. The lowest BCUT2D eigenvalue weighted by Crippen LogP contribution is -2.16. The molecule has 1 aliphatic carbocycles. The molecule has 0 radical (unpaired) electrons. The van der Waals surface area contributed by atoms with Gasteiger partial charge in [0, 0.05) is 6.42 Å². The zero-order valence-corrected chi connectivity index (χ0v) is 6.87. The van der Waals surface area contributed by atoms with Crippen LogP contribution in [-0.4, -0.2) is 12.8 Å². The molecule has 1 aliphatic rings. The Morgan fingerprint density at radius 1 is 1.33 bits per heavy atom. The van der Waals surface area contributed by atoms with Crippen molar-refractivity contribution in [3.8, 4) is 0 Å². The molecule has 4 heteroatoms. The summed E-state index contributed by atoms with van der Waals surface area (Å²) in [6, 6.07) is 0. The average molecular weight is 180 g/mol. The Morgan fingerprint density at radius 2 is 2.00 bits per heavy atom. The summed E-state index contributed by atoms with van der Waals surface area (Å²) in [5.74, 6) is 0.535. The van der Waals surface area contributed by atoms with Crippen molar-refractivity contribution in [3.63, 3.8) is 0 Å². The molecule has 0 aliphatic heterocycles. The fraction of sp³-hybridized carbons (Fsp3) is 0.750. The summed E-state index contributed by atoms with van der Waals surface area (Å²) in [6.45, 7) is 0.665. The van der Waals surface area contributed by atoms with E-state index in [4.69, 9.17) is 0 Å². The summed E-state index contributed by atoms with van der Waals surface area (Å²) in [5.41, 5.74) is 0.958. The fourth-order valence-electron chi connectivity index (χ4n) is 1.23. The molecule has 70 valence electrons. The topological polar surface area (TPSA) is 9.23 Å². The van der Waals surface area contributed by atoms with Crippen LogP contribution in [0, 0.1) is 0 Å². The maximum atomic E-state index is 11.7. The van der Waals surface area contributed by atoms with Gasteiger partial charge in [0.1, 0.15) is 0 Å². The van der Waals surface area contributed by atoms with Crippen LogP contribution in [0.15, 0.2) is 11.3 Å².